The van der Waals surface area contributed by atoms with Crippen molar-refractivity contribution in [3.05, 3.63) is 69.2 Å². The van der Waals surface area contributed by atoms with Gasteiger partial charge < -0.3 is 9.88 Å². The van der Waals surface area contributed by atoms with E-state index in [1.165, 1.54) is 22.2 Å². The summed E-state index contributed by atoms with van der Waals surface area (Å²) in [6.07, 6.45) is 5.43. The summed E-state index contributed by atoms with van der Waals surface area (Å²) < 4.78 is 3.40. The highest BCUT2D eigenvalue weighted by molar-refractivity contribution is 7.20. The second-order valence-electron chi connectivity index (χ2n) is 6.65. The van der Waals surface area contributed by atoms with Gasteiger partial charge in [0.2, 0.25) is 0 Å². The molecular weight excluding hydrogens is 406 g/mol. The van der Waals surface area contributed by atoms with Crippen molar-refractivity contribution >= 4 is 49.4 Å². The molecule has 4 aromatic heterocycles. The lowest BCUT2D eigenvalue weighted by Crippen LogP contribution is -2.17. The molecule has 29 heavy (non-hydrogen) atoms. The molecule has 0 aliphatic rings. The van der Waals surface area contributed by atoms with Gasteiger partial charge in [-0.25, -0.2) is 9.97 Å². The maximum absolute atomic E-state index is 12.8. The van der Waals surface area contributed by atoms with Crippen LogP contribution in [0.3, 0.4) is 0 Å². The SMILES string of the molecule is Cc1c(C(=O)Nc2ccc(-c3cn4ccsc4n3)cc2)sc2ncn(C)c(=O)c12. The van der Waals surface area contributed by atoms with Gasteiger partial charge in [-0.2, -0.15) is 0 Å². The number of fused-ring (bicyclic) bond motifs is 2. The van der Waals surface area contributed by atoms with E-state index in [1.807, 2.05) is 46.4 Å². The number of hydrogen-bond donors (Lipinski definition) is 1. The van der Waals surface area contributed by atoms with Crippen LogP contribution in [-0.4, -0.2) is 24.8 Å². The first-order valence-corrected chi connectivity index (χ1v) is 10.5. The fourth-order valence-corrected chi connectivity index (χ4v) is 4.94. The molecule has 0 aliphatic heterocycles. The molecular formula is C20H15N5O2S2. The zero-order valence-corrected chi connectivity index (χ0v) is 17.2. The van der Waals surface area contributed by atoms with Gasteiger partial charge in [0.1, 0.15) is 4.83 Å². The summed E-state index contributed by atoms with van der Waals surface area (Å²) in [5.41, 5.74) is 3.05. The summed E-state index contributed by atoms with van der Waals surface area (Å²) in [6, 6.07) is 7.55. The number of carbonyl (C=O) groups is 1. The Morgan fingerprint density at radius 2 is 2.00 bits per heavy atom. The van der Waals surface area contributed by atoms with Gasteiger partial charge in [0.25, 0.3) is 11.5 Å². The van der Waals surface area contributed by atoms with E-state index in [2.05, 4.69) is 15.3 Å². The Morgan fingerprint density at radius 3 is 2.76 bits per heavy atom. The number of aryl methyl sites for hydroxylation is 2. The lowest BCUT2D eigenvalue weighted by molar-refractivity contribution is 0.103. The molecule has 0 unspecified atom stereocenters. The summed E-state index contributed by atoms with van der Waals surface area (Å²) in [6.45, 7) is 1.78. The lowest BCUT2D eigenvalue weighted by Gasteiger charge is -2.05. The molecule has 0 aliphatic carbocycles. The third kappa shape index (κ3) is 2.95. The Labute approximate surface area is 172 Å². The minimum Gasteiger partial charge on any atom is -0.321 e. The molecule has 0 atom stereocenters. The van der Waals surface area contributed by atoms with Gasteiger partial charge in [-0.15, -0.1) is 22.7 Å². The molecule has 4 heterocycles. The lowest BCUT2D eigenvalue weighted by atomic mass is 10.1. The molecule has 1 N–H and O–H groups in total. The highest BCUT2D eigenvalue weighted by Crippen LogP contribution is 2.28. The Kier molecular flexibility index (Phi) is 4.07. The largest absolute Gasteiger partial charge is 0.321 e. The number of thiazole rings is 1. The van der Waals surface area contributed by atoms with Gasteiger partial charge in [-0.05, 0) is 24.6 Å². The van der Waals surface area contributed by atoms with E-state index in [1.54, 1.807) is 25.3 Å². The van der Waals surface area contributed by atoms with Crippen LogP contribution in [0.2, 0.25) is 0 Å². The van der Waals surface area contributed by atoms with Crippen molar-refractivity contribution in [1.29, 1.82) is 0 Å². The zero-order valence-electron chi connectivity index (χ0n) is 15.5. The standard InChI is InChI=1S/C20H15N5O2S2/c1-11-15-18(21-10-24(2)19(15)27)29-16(11)17(26)22-13-5-3-12(4-6-13)14-9-25-7-8-28-20(25)23-14/h3-10H,1-2H3,(H,22,26). The summed E-state index contributed by atoms with van der Waals surface area (Å²) in [7, 11) is 1.65. The van der Waals surface area contributed by atoms with Crippen LogP contribution in [0.4, 0.5) is 5.69 Å². The predicted molar refractivity (Wildman–Crippen MR) is 116 cm³/mol. The van der Waals surface area contributed by atoms with Crippen LogP contribution in [0.5, 0.6) is 0 Å². The van der Waals surface area contributed by atoms with Gasteiger partial charge in [0.15, 0.2) is 4.96 Å². The van der Waals surface area contributed by atoms with E-state index in [0.717, 1.165) is 16.2 Å². The fourth-order valence-electron chi connectivity index (χ4n) is 3.20. The first-order valence-electron chi connectivity index (χ1n) is 8.80. The highest BCUT2D eigenvalue weighted by atomic mass is 32.1. The number of benzene rings is 1. The van der Waals surface area contributed by atoms with Crippen LogP contribution >= 0.6 is 22.7 Å². The molecule has 9 heteroatoms. The minimum atomic E-state index is -0.247. The first kappa shape index (κ1) is 17.8. The third-order valence-corrected chi connectivity index (χ3v) is 6.72. The monoisotopic (exact) mass is 421 g/mol. The van der Waals surface area contributed by atoms with E-state index in [-0.39, 0.29) is 11.5 Å². The van der Waals surface area contributed by atoms with Crippen molar-refractivity contribution in [2.75, 3.05) is 5.32 Å². The number of carbonyl (C=O) groups excluding carboxylic acids is 1. The van der Waals surface area contributed by atoms with Crippen LogP contribution in [0, 0.1) is 6.92 Å². The van der Waals surface area contributed by atoms with E-state index in [4.69, 9.17) is 0 Å². The molecule has 1 aromatic carbocycles. The molecule has 144 valence electrons. The molecule has 0 fully saturated rings. The smallest absolute Gasteiger partial charge is 0.266 e. The van der Waals surface area contributed by atoms with Crippen LogP contribution in [0.15, 0.2) is 53.2 Å². The van der Waals surface area contributed by atoms with Crippen LogP contribution < -0.4 is 10.9 Å². The number of amides is 1. The Morgan fingerprint density at radius 1 is 1.21 bits per heavy atom. The molecule has 5 rings (SSSR count). The number of imidazole rings is 1. The zero-order chi connectivity index (χ0) is 20.1. The Balaban J connectivity index is 1.41. The number of nitrogens with one attached hydrogen (secondary N) is 1. The van der Waals surface area contributed by atoms with Crippen molar-refractivity contribution in [2.45, 2.75) is 6.92 Å². The minimum absolute atomic E-state index is 0.146. The second-order valence-corrected chi connectivity index (χ2v) is 8.52. The number of anilines is 1. The van der Waals surface area contributed by atoms with E-state index < -0.39 is 0 Å². The van der Waals surface area contributed by atoms with Crippen molar-refractivity contribution in [2.24, 2.45) is 7.05 Å². The van der Waals surface area contributed by atoms with Crippen molar-refractivity contribution < 1.29 is 4.79 Å². The van der Waals surface area contributed by atoms with E-state index >= 15 is 0 Å². The number of thiophene rings is 1. The number of rotatable bonds is 3. The number of hydrogen-bond acceptors (Lipinski definition) is 6. The van der Waals surface area contributed by atoms with Gasteiger partial charge in [0.05, 0.1) is 22.3 Å². The summed E-state index contributed by atoms with van der Waals surface area (Å²) >= 11 is 2.81. The molecule has 1 amide bonds. The topological polar surface area (TPSA) is 81.3 Å². The summed E-state index contributed by atoms with van der Waals surface area (Å²) in [5.74, 6) is -0.247. The van der Waals surface area contributed by atoms with Crippen molar-refractivity contribution in [3.63, 3.8) is 0 Å². The van der Waals surface area contributed by atoms with E-state index in [9.17, 15) is 9.59 Å². The Bertz CT molecular complexity index is 1410. The fraction of sp³-hybridized carbons (Fsp3) is 0.100. The van der Waals surface area contributed by atoms with Gasteiger partial charge in [-0.3, -0.25) is 14.0 Å². The highest BCUT2D eigenvalue weighted by Gasteiger charge is 2.19. The maximum atomic E-state index is 12.8. The number of aromatic nitrogens is 4. The molecule has 0 bridgehead atoms. The second kappa shape index (κ2) is 6.64. The van der Waals surface area contributed by atoms with Crippen LogP contribution in [0.25, 0.3) is 26.4 Å². The molecule has 0 saturated heterocycles. The van der Waals surface area contributed by atoms with E-state index in [0.29, 0.717) is 26.3 Å². The van der Waals surface area contributed by atoms with Crippen molar-refractivity contribution in [1.82, 2.24) is 18.9 Å². The molecule has 7 nitrogen and oxygen atoms in total. The van der Waals surface area contributed by atoms with Gasteiger partial charge >= 0.3 is 0 Å². The molecule has 0 saturated carbocycles. The first-order chi connectivity index (χ1) is 14.0. The van der Waals surface area contributed by atoms with Crippen LogP contribution in [-0.2, 0) is 7.05 Å². The summed E-state index contributed by atoms with van der Waals surface area (Å²) in [5, 5.41) is 5.40. The van der Waals surface area contributed by atoms with Crippen molar-refractivity contribution in [3.8, 4) is 11.3 Å². The van der Waals surface area contributed by atoms with Gasteiger partial charge in [-0.1, -0.05) is 12.1 Å². The quantitative estimate of drug-likeness (QED) is 0.479. The number of nitrogens with zero attached hydrogens (tertiary/aromatic N) is 4. The Hall–Kier alpha value is -3.30. The molecule has 5 aromatic rings. The predicted octanol–water partition coefficient (Wildman–Crippen LogP) is 3.93. The maximum Gasteiger partial charge on any atom is 0.266 e. The average Bonchev–Trinajstić information content (AvgIpc) is 3.39. The average molecular weight is 422 g/mol. The molecule has 0 radical (unpaired) electrons. The normalized spacial score (nSPS) is 11.4. The summed E-state index contributed by atoms with van der Waals surface area (Å²) in [4.78, 5) is 36.0. The van der Waals surface area contributed by atoms with Gasteiger partial charge in [0, 0.05) is 36.1 Å². The molecule has 0 spiro atoms. The van der Waals surface area contributed by atoms with Crippen LogP contribution in [0.1, 0.15) is 15.2 Å². The third-order valence-electron chi connectivity index (χ3n) is 4.75.